The number of nitrogens with one attached hydrogen (secondary N) is 3. The summed E-state index contributed by atoms with van der Waals surface area (Å²) >= 11 is 0. The van der Waals surface area contributed by atoms with Gasteiger partial charge in [0, 0.05) is 12.5 Å². The topological polar surface area (TPSA) is 137 Å². The van der Waals surface area contributed by atoms with Crippen LogP contribution in [0.5, 0.6) is 0 Å². The Morgan fingerprint density at radius 3 is 2.03 bits per heavy atom. The zero-order chi connectivity index (χ0) is 23.1. The van der Waals surface area contributed by atoms with Crippen molar-refractivity contribution >= 4 is 23.9 Å². The second-order valence-electron chi connectivity index (χ2n) is 9.38. The van der Waals surface area contributed by atoms with E-state index >= 15 is 0 Å². The van der Waals surface area contributed by atoms with E-state index in [1.807, 2.05) is 13.8 Å². The van der Waals surface area contributed by atoms with E-state index in [1.54, 1.807) is 20.8 Å². The van der Waals surface area contributed by atoms with Crippen molar-refractivity contribution in [3.05, 3.63) is 0 Å². The summed E-state index contributed by atoms with van der Waals surface area (Å²) in [6.07, 6.45) is 2.15. The molecule has 1 aliphatic carbocycles. The highest BCUT2D eigenvalue weighted by atomic mass is 16.6. The van der Waals surface area contributed by atoms with Crippen LogP contribution in [0, 0.1) is 17.8 Å². The van der Waals surface area contributed by atoms with Crippen LogP contribution in [0.2, 0.25) is 0 Å². The molecule has 0 bridgehead atoms. The molecule has 0 aliphatic heterocycles. The van der Waals surface area contributed by atoms with Gasteiger partial charge < -0.3 is 30.6 Å². The van der Waals surface area contributed by atoms with Crippen LogP contribution in [0.1, 0.15) is 67.2 Å². The summed E-state index contributed by atoms with van der Waals surface area (Å²) < 4.78 is 5.23. The predicted octanol–water partition coefficient (Wildman–Crippen LogP) is 0.713. The molecule has 9 nitrogen and oxygen atoms in total. The van der Waals surface area contributed by atoms with Crippen molar-refractivity contribution < 1.29 is 29.0 Å². The Hall–Kier alpha value is -2.32. The molecule has 0 aromatic heterocycles. The van der Waals surface area contributed by atoms with Gasteiger partial charge >= 0.3 is 6.09 Å². The number of carboxylic acid groups (broad SMARTS) is 1. The molecule has 3 amide bonds. The molecule has 0 aromatic carbocycles. The molecule has 0 spiro atoms. The van der Waals surface area contributed by atoms with Crippen LogP contribution in [0.25, 0.3) is 0 Å². The molecule has 0 saturated heterocycles. The SMILES string of the molecule is CC(C)[C@H](NC(=O)OC(C)(C)C)C(=O)NCC1CCC(C(=O)N[C@@H](C)C(=O)[O-])CC1. The van der Waals surface area contributed by atoms with Gasteiger partial charge in [-0.05, 0) is 65.2 Å². The van der Waals surface area contributed by atoms with Crippen molar-refractivity contribution in [2.45, 2.75) is 84.9 Å². The van der Waals surface area contributed by atoms with Crippen molar-refractivity contribution in [2.24, 2.45) is 17.8 Å². The van der Waals surface area contributed by atoms with E-state index in [4.69, 9.17) is 4.74 Å². The van der Waals surface area contributed by atoms with Crippen molar-refractivity contribution in [1.82, 2.24) is 16.0 Å². The van der Waals surface area contributed by atoms with Crippen LogP contribution in [0.3, 0.4) is 0 Å². The summed E-state index contributed by atoms with van der Waals surface area (Å²) in [4.78, 5) is 47.5. The molecule has 0 radical (unpaired) electrons. The van der Waals surface area contributed by atoms with E-state index in [0.29, 0.717) is 19.4 Å². The van der Waals surface area contributed by atoms with Gasteiger partial charge in [-0.3, -0.25) is 9.59 Å². The lowest BCUT2D eigenvalue weighted by Gasteiger charge is -2.30. The third kappa shape index (κ3) is 9.00. The number of ether oxygens (including phenoxy) is 1. The van der Waals surface area contributed by atoms with Crippen LogP contribution in [-0.4, -0.2) is 48.1 Å². The van der Waals surface area contributed by atoms with Gasteiger partial charge in [0.1, 0.15) is 11.6 Å². The van der Waals surface area contributed by atoms with E-state index in [1.165, 1.54) is 6.92 Å². The van der Waals surface area contributed by atoms with Gasteiger partial charge in [-0.2, -0.15) is 0 Å². The Bertz CT molecular complexity index is 621. The highest BCUT2D eigenvalue weighted by Crippen LogP contribution is 2.28. The van der Waals surface area contributed by atoms with Gasteiger partial charge in [0.15, 0.2) is 0 Å². The number of rotatable bonds is 8. The number of carbonyl (C=O) groups is 4. The second kappa shape index (κ2) is 11.2. The van der Waals surface area contributed by atoms with Crippen LogP contribution >= 0.6 is 0 Å². The molecule has 9 heteroatoms. The predicted molar refractivity (Wildman–Crippen MR) is 109 cm³/mol. The summed E-state index contributed by atoms with van der Waals surface area (Å²) in [5.41, 5.74) is -0.647. The molecule has 172 valence electrons. The lowest BCUT2D eigenvalue weighted by atomic mass is 9.81. The van der Waals surface area contributed by atoms with Crippen LogP contribution in [0.15, 0.2) is 0 Å². The van der Waals surface area contributed by atoms with Crippen molar-refractivity contribution in [1.29, 1.82) is 0 Å². The lowest BCUT2D eigenvalue weighted by molar-refractivity contribution is -0.307. The first-order valence-electron chi connectivity index (χ1n) is 10.6. The normalized spacial score (nSPS) is 21.3. The van der Waals surface area contributed by atoms with Gasteiger partial charge in [0.2, 0.25) is 11.8 Å². The average molecular weight is 427 g/mol. The van der Waals surface area contributed by atoms with Crippen LogP contribution in [-0.2, 0) is 19.1 Å². The Kier molecular flexibility index (Phi) is 9.58. The maximum Gasteiger partial charge on any atom is 0.408 e. The molecule has 2 atom stereocenters. The van der Waals surface area contributed by atoms with Crippen molar-refractivity contribution in [2.75, 3.05) is 6.54 Å². The van der Waals surface area contributed by atoms with E-state index in [2.05, 4.69) is 16.0 Å². The Morgan fingerprint density at radius 2 is 1.57 bits per heavy atom. The monoisotopic (exact) mass is 426 g/mol. The number of aliphatic carboxylic acids is 1. The second-order valence-corrected chi connectivity index (χ2v) is 9.38. The standard InChI is InChI=1S/C21H37N3O6/c1-12(2)16(24-20(29)30-21(4,5)6)18(26)22-11-14-7-9-15(10-8-14)17(25)23-13(3)19(27)28/h12-16H,7-11H2,1-6H3,(H,22,26)(H,23,25)(H,24,29)(H,27,28)/p-1/t13-,14?,15?,16-/m0/s1. The highest BCUT2D eigenvalue weighted by Gasteiger charge is 2.30. The zero-order valence-corrected chi connectivity index (χ0v) is 18.9. The van der Waals surface area contributed by atoms with E-state index in [9.17, 15) is 24.3 Å². The van der Waals surface area contributed by atoms with E-state index < -0.39 is 29.7 Å². The van der Waals surface area contributed by atoms with Crippen LogP contribution in [0.4, 0.5) is 4.79 Å². The molecule has 30 heavy (non-hydrogen) atoms. The highest BCUT2D eigenvalue weighted by molar-refractivity contribution is 5.86. The fraction of sp³-hybridized carbons (Fsp3) is 0.810. The Labute approximate surface area is 178 Å². The summed E-state index contributed by atoms with van der Waals surface area (Å²) in [7, 11) is 0. The fourth-order valence-corrected chi connectivity index (χ4v) is 3.34. The van der Waals surface area contributed by atoms with Gasteiger partial charge in [0.05, 0.1) is 12.0 Å². The summed E-state index contributed by atoms with van der Waals surface area (Å²) in [6.45, 7) is 10.8. The lowest BCUT2D eigenvalue weighted by Crippen LogP contribution is -2.51. The Morgan fingerprint density at radius 1 is 1.00 bits per heavy atom. The molecule has 1 aliphatic rings. The minimum absolute atomic E-state index is 0.109. The van der Waals surface area contributed by atoms with E-state index in [-0.39, 0.29) is 29.6 Å². The van der Waals surface area contributed by atoms with Crippen molar-refractivity contribution in [3.8, 4) is 0 Å². The van der Waals surface area contributed by atoms with Crippen LogP contribution < -0.4 is 21.1 Å². The summed E-state index contributed by atoms with van der Waals surface area (Å²) in [6, 6.07) is -1.71. The first kappa shape index (κ1) is 25.7. The summed E-state index contributed by atoms with van der Waals surface area (Å²) in [5.74, 6) is -1.95. The quantitative estimate of drug-likeness (QED) is 0.523. The molecule has 0 heterocycles. The largest absolute Gasteiger partial charge is 0.548 e. The molecule has 1 rings (SSSR count). The number of hydrogen-bond donors (Lipinski definition) is 3. The molecular weight excluding hydrogens is 390 g/mol. The van der Waals surface area contributed by atoms with Gasteiger partial charge in [-0.15, -0.1) is 0 Å². The van der Waals surface area contributed by atoms with Crippen molar-refractivity contribution in [3.63, 3.8) is 0 Å². The number of amides is 3. The first-order valence-corrected chi connectivity index (χ1v) is 10.6. The molecule has 1 fully saturated rings. The third-order valence-electron chi connectivity index (χ3n) is 5.12. The molecule has 0 aromatic rings. The maximum absolute atomic E-state index is 12.6. The maximum atomic E-state index is 12.6. The number of hydrogen-bond acceptors (Lipinski definition) is 6. The molecule has 0 unspecified atom stereocenters. The summed E-state index contributed by atoms with van der Waals surface area (Å²) in [5, 5.41) is 18.7. The van der Waals surface area contributed by atoms with Gasteiger partial charge in [-0.25, -0.2) is 4.79 Å². The third-order valence-corrected chi connectivity index (χ3v) is 5.12. The Balaban J connectivity index is 2.46. The number of carbonyl (C=O) groups excluding carboxylic acids is 4. The average Bonchev–Trinajstić information content (AvgIpc) is 2.62. The molecule has 3 N–H and O–H groups in total. The number of carboxylic acids is 1. The zero-order valence-electron chi connectivity index (χ0n) is 18.9. The minimum atomic E-state index is -1.31. The molecular formula is C21H36N3O6-. The van der Waals surface area contributed by atoms with Gasteiger partial charge in [0.25, 0.3) is 0 Å². The molecule has 1 saturated carbocycles. The fourth-order valence-electron chi connectivity index (χ4n) is 3.34. The number of alkyl carbamates (subject to hydrolysis) is 1. The first-order chi connectivity index (χ1) is 13.8. The minimum Gasteiger partial charge on any atom is -0.548 e. The smallest absolute Gasteiger partial charge is 0.408 e. The van der Waals surface area contributed by atoms with Gasteiger partial charge in [-0.1, -0.05) is 13.8 Å². The van der Waals surface area contributed by atoms with E-state index in [0.717, 1.165) is 12.8 Å².